The third kappa shape index (κ3) is 5.04. The molecule has 0 spiro atoms. The summed E-state index contributed by atoms with van der Waals surface area (Å²) in [6.07, 6.45) is 4.23. The van der Waals surface area contributed by atoms with Crippen LogP contribution in [0.15, 0.2) is 21.2 Å². The number of carboxylic acid groups (broad SMARTS) is 1. The van der Waals surface area contributed by atoms with Crippen molar-refractivity contribution in [3.8, 4) is 0 Å². The minimum absolute atomic E-state index is 0.439. The molecule has 1 atom stereocenters. The molecular weight excluding hydrogens is 364 g/mol. The zero-order chi connectivity index (χ0) is 13.5. The second-order valence-electron chi connectivity index (χ2n) is 4.00. The first-order chi connectivity index (χ1) is 8.54. The van der Waals surface area contributed by atoms with Gasteiger partial charge in [0.25, 0.3) is 0 Å². The van der Waals surface area contributed by atoms with Crippen LogP contribution in [-0.4, -0.2) is 22.1 Å². The van der Waals surface area contributed by atoms with Gasteiger partial charge in [-0.05, 0) is 44.3 Å². The van der Waals surface area contributed by atoms with E-state index in [0.717, 1.165) is 27.5 Å². The molecule has 0 saturated heterocycles. The number of pyridine rings is 1. The second-order valence-corrected chi connectivity index (χ2v) is 5.77. The fourth-order valence-corrected chi connectivity index (χ4v) is 2.64. The predicted octanol–water partition coefficient (Wildman–Crippen LogP) is 3.34. The third-order valence-electron chi connectivity index (χ3n) is 2.54. The summed E-state index contributed by atoms with van der Waals surface area (Å²) in [5.74, 6) is -0.809. The van der Waals surface area contributed by atoms with E-state index in [9.17, 15) is 4.79 Å². The van der Waals surface area contributed by atoms with Crippen molar-refractivity contribution in [1.82, 2.24) is 10.3 Å². The van der Waals surface area contributed by atoms with Gasteiger partial charge in [0.2, 0.25) is 0 Å². The average Bonchev–Trinajstić information content (AvgIpc) is 2.31. The van der Waals surface area contributed by atoms with Crippen molar-refractivity contribution in [2.45, 2.75) is 38.8 Å². The van der Waals surface area contributed by atoms with E-state index < -0.39 is 12.0 Å². The van der Waals surface area contributed by atoms with E-state index in [1.165, 1.54) is 0 Å². The number of nitrogens with one attached hydrogen (secondary N) is 1. The van der Waals surface area contributed by atoms with Gasteiger partial charge in [0.15, 0.2) is 0 Å². The normalized spacial score (nSPS) is 12.4. The van der Waals surface area contributed by atoms with Gasteiger partial charge in [-0.2, -0.15) is 0 Å². The Morgan fingerprint density at radius 1 is 1.56 bits per heavy atom. The highest BCUT2D eigenvalue weighted by Gasteiger charge is 2.16. The lowest BCUT2D eigenvalue weighted by Gasteiger charge is -2.14. The Kier molecular flexibility index (Phi) is 6.81. The summed E-state index contributed by atoms with van der Waals surface area (Å²) in [7, 11) is 0. The lowest BCUT2D eigenvalue weighted by atomic mass is 10.1. The monoisotopic (exact) mass is 378 g/mol. The van der Waals surface area contributed by atoms with E-state index in [1.54, 1.807) is 6.20 Å². The number of halogens is 2. The van der Waals surface area contributed by atoms with Gasteiger partial charge in [-0.3, -0.25) is 15.1 Å². The molecule has 1 aromatic heterocycles. The lowest BCUT2D eigenvalue weighted by molar-refractivity contribution is -0.139. The highest BCUT2D eigenvalue weighted by Crippen LogP contribution is 2.19. The summed E-state index contributed by atoms with van der Waals surface area (Å²) in [4.78, 5) is 15.3. The molecule has 1 rings (SSSR count). The number of hydrogen-bond acceptors (Lipinski definition) is 3. The first kappa shape index (κ1) is 15.6. The van der Waals surface area contributed by atoms with Crippen molar-refractivity contribution < 1.29 is 9.90 Å². The average molecular weight is 380 g/mol. The Morgan fingerprint density at radius 2 is 2.28 bits per heavy atom. The van der Waals surface area contributed by atoms with Crippen molar-refractivity contribution in [3.63, 3.8) is 0 Å². The minimum atomic E-state index is -0.809. The first-order valence-corrected chi connectivity index (χ1v) is 7.39. The number of nitrogens with zero attached hydrogens (tertiary/aromatic N) is 1. The maximum Gasteiger partial charge on any atom is 0.320 e. The van der Waals surface area contributed by atoms with Crippen molar-refractivity contribution in [1.29, 1.82) is 0 Å². The largest absolute Gasteiger partial charge is 0.480 e. The molecule has 0 fully saturated rings. The SMILES string of the molecule is CCCC[C@H](NCc1ncc(Br)cc1Br)C(=O)O. The molecule has 0 unspecified atom stereocenters. The first-order valence-electron chi connectivity index (χ1n) is 5.80. The third-order valence-corrected chi connectivity index (χ3v) is 3.66. The van der Waals surface area contributed by atoms with Gasteiger partial charge in [-0.15, -0.1) is 0 Å². The van der Waals surface area contributed by atoms with E-state index in [2.05, 4.69) is 42.2 Å². The molecule has 0 aliphatic rings. The molecule has 0 amide bonds. The maximum atomic E-state index is 11.1. The smallest absolute Gasteiger partial charge is 0.320 e. The van der Waals surface area contributed by atoms with Gasteiger partial charge in [-0.25, -0.2) is 0 Å². The summed E-state index contributed by atoms with van der Waals surface area (Å²) in [5, 5.41) is 12.1. The molecule has 0 bridgehead atoms. The van der Waals surface area contributed by atoms with Crippen molar-refractivity contribution in [3.05, 3.63) is 26.9 Å². The molecule has 0 aliphatic carbocycles. The number of carbonyl (C=O) groups is 1. The molecule has 4 nitrogen and oxygen atoms in total. The van der Waals surface area contributed by atoms with E-state index in [0.29, 0.717) is 13.0 Å². The molecule has 100 valence electrons. The predicted molar refractivity (Wildman–Crippen MR) is 77.4 cm³/mol. The molecule has 0 saturated carbocycles. The number of carboxylic acids is 1. The van der Waals surface area contributed by atoms with Crippen LogP contribution in [0, 0.1) is 0 Å². The van der Waals surface area contributed by atoms with Crippen molar-refractivity contribution in [2.24, 2.45) is 0 Å². The van der Waals surface area contributed by atoms with Crippen LogP contribution in [0.25, 0.3) is 0 Å². The Morgan fingerprint density at radius 3 is 2.83 bits per heavy atom. The van der Waals surface area contributed by atoms with Gasteiger partial charge in [0, 0.05) is 21.7 Å². The van der Waals surface area contributed by atoms with Gasteiger partial charge in [-0.1, -0.05) is 19.8 Å². The summed E-state index contributed by atoms with van der Waals surface area (Å²) in [6.45, 7) is 2.49. The van der Waals surface area contributed by atoms with Gasteiger partial charge >= 0.3 is 5.97 Å². The standard InChI is InChI=1S/C12H16Br2N2O2/c1-2-3-4-10(12(17)18)16-7-11-9(14)5-8(13)6-15-11/h5-6,10,16H,2-4,7H2,1H3,(H,17,18)/t10-/m0/s1. The Balaban J connectivity index is 2.58. The molecule has 1 heterocycles. The number of aromatic nitrogens is 1. The van der Waals surface area contributed by atoms with Crippen LogP contribution < -0.4 is 5.32 Å². The van der Waals surface area contributed by atoms with E-state index in [4.69, 9.17) is 5.11 Å². The fraction of sp³-hybridized carbons (Fsp3) is 0.500. The van der Waals surface area contributed by atoms with Crippen LogP contribution in [0.2, 0.25) is 0 Å². The van der Waals surface area contributed by atoms with Crippen LogP contribution in [0.3, 0.4) is 0 Å². The number of rotatable bonds is 7. The molecule has 0 aromatic carbocycles. The quantitative estimate of drug-likeness (QED) is 0.762. The van der Waals surface area contributed by atoms with E-state index >= 15 is 0 Å². The van der Waals surface area contributed by atoms with Gasteiger partial charge in [0.1, 0.15) is 6.04 Å². The Labute approximate surface area is 123 Å². The second kappa shape index (κ2) is 7.86. The zero-order valence-electron chi connectivity index (χ0n) is 10.1. The Hall–Kier alpha value is -0.460. The highest BCUT2D eigenvalue weighted by molar-refractivity contribution is 9.11. The number of unbranched alkanes of at least 4 members (excludes halogenated alkanes) is 1. The van der Waals surface area contributed by atoms with Crippen molar-refractivity contribution >= 4 is 37.8 Å². The molecule has 6 heteroatoms. The molecule has 2 N–H and O–H groups in total. The summed E-state index contributed by atoms with van der Waals surface area (Å²) in [6, 6.07) is 1.38. The topological polar surface area (TPSA) is 62.2 Å². The fourth-order valence-electron chi connectivity index (χ4n) is 1.51. The van der Waals surface area contributed by atoms with Crippen LogP contribution >= 0.6 is 31.9 Å². The van der Waals surface area contributed by atoms with E-state index in [1.807, 2.05) is 13.0 Å². The molecule has 1 aromatic rings. The van der Waals surface area contributed by atoms with Crippen LogP contribution in [0.5, 0.6) is 0 Å². The minimum Gasteiger partial charge on any atom is -0.480 e. The summed E-state index contributed by atoms with van der Waals surface area (Å²) in [5.41, 5.74) is 0.806. The van der Waals surface area contributed by atoms with Crippen LogP contribution in [0.1, 0.15) is 31.9 Å². The number of hydrogen-bond donors (Lipinski definition) is 2. The zero-order valence-corrected chi connectivity index (χ0v) is 13.3. The lowest BCUT2D eigenvalue weighted by Crippen LogP contribution is -2.36. The number of aliphatic carboxylic acids is 1. The summed E-state index contributed by atoms with van der Waals surface area (Å²) >= 11 is 6.73. The Bertz CT molecular complexity index is 413. The van der Waals surface area contributed by atoms with Crippen LogP contribution in [-0.2, 0) is 11.3 Å². The van der Waals surface area contributed by atoms with Gasteiger partial charge in [0.05, 0.1) is 5.69 Å². The maximum absolute atomic E-state index is 11.1. The summed E-state index contributed by atoms with van der Waals surface area (Å²) < 4.78 is 1.75. The molecule has 18 heavy (non-hydrogen) atoms. The molecular formula is C12H16Br2N2O2. The van der Waals surface area contributed by atoms with Crippen molar-refractivity contribution in [2.75, 3.05) is 0 Å². The highest BCUT2D eigenvalue weighted by atomic mass is 79.9. The molecule has 0 radical (unpaired) electrons. The van der Waals surface area contributed by atoms with Gasteiger partial charge < -0.3 is 5.11 Å². The molecule has 0 aliphatic heterocycles. The van der Waals surface area contributed by atoms with E-state index in [-0.39, 0.29) is 0 Å². The van der Waals surface area contributed by atoms with Crippen LogP contribution in [0.4, 0.5) is 0 Å².